The largest absolute Gasteiger partial charge is 0.383 e. The van der Waals surface area contributed by atoms with Gasteiger partial charge in [-0.3, -0.25) is 4.79 Å². The standard InChI is InChI=1S/C12H21N3OS/c1-10(2)8-13-11-7-12(16)15(14-9-11)5-4-6-17-3/h7,9-10,13H,4-6,8H2,1-3H3. The van der Waals surface area contributed by atoms with Crippen LogP contribution in [0.15, 0.2) is 17.1 Å². The second-order valence-corrected chi connectivity index (χ2v) is 5.41. The second kappa shape index (κ2) is 7.37. The van der Waals surface area contributed by atoms with E-state index < -0.39 is 0 Å². The molecule has 0 atom stereocenters. The van der Waals surface area contributed by atoms with Crippen molar-refractivity contribution in [3.05, 3.63) is 22.6 Å². The minimum Gasteiger partial charge on any atom is -0.383 e. The van der Waals surface area contributed by atoms with Gasteiger partial charge in [-0.1, -0.05) is 13.8 Å². The molecule has 0 fully saturated rings. The Hall–Kier alpha value is -0.970. The quantitative estimate of drug-likeness (QED) is 0.758. The fourth-order valence-corrected chi connectivity index (χ4v) is 1.80. The van der Waals surface area contributed by atoms with Crippen LogP contribution in [-0.4, -0.2) is 28.3 Å². The first-order valence-electron chi connectivity index (χ1n) is 5.93. The number of nitrogens with zero attached hydrogens (tertiary/aromatic N) is 2. The van der Waals surface area contributed by atoms with Crippen molar-refractivity contribution in [3.8, 4) is 0 Å². The van der Waals surface area contributed by atoms with Gasteiger partial charge >= 0.3 is 0 Å². The molecule has 0 aliphatic heterocycles. The van der Waals surface area contributed by atoms with E-state index in [0.29, 0.717) is 12.5 Å². The Bertz CT molecular complexity index is 390. The summed E-state index contributed by atoms with van der Waals surface area (Å²) in [7, 11) is 0. The maximum Gasteiger partial charge on any atom is 0.268 e. The number of thioether (sulfide) groups is 1. The van der Waals surface area contributed by atoms with Crippen molar-refractivity contribution in [2.45, 2.75) is 26.8 Å². The van der Waals surface area contributed by atoms with Gasteiger partial charge < -0.3 is 5.32 Å². The van der Waals surface area contributed by atoms with Gasteiger partial charge in [-0.15, -0.1) is 0 Å². The van der Waals surface area contributed by atoms with Gasteiger partial charge in [0.05, 0.1) is 11.9 Å². The average Bonchev–Trinajstić information content (AvgIpc) is 2.29. The van der Waals surface area contributed by atoms with Crippen LogP contribution >= 0.6 is 11.8 Å². The zero-order valence-electron chi connectivity index (χ0n) is 10.8. The lowest BCUT2D eigenvalue weighted by molar-refractivity contribution is 0.571. The van der Waals surface area contributed by atoms with Gasteiger partial charge in [-0.05, 0) is 24.3 Å². The number of anilines is 1. The van der Waals surface area contributed by atoms with Crippen molar-refractivity contribution in [1.29, 1.82) is 0 Å². The molecule has 4 nitrogen and oxygen atoms in total. The Balaban J connectivity index is 2.56. The summed E-state index contributed by atoms with van der Waals surface area (Å²) in [6.45, 7) is 5.82. The molecule has 0 unspecified atom stereocenters. The van der Waals surface area contributed by atoms with Crippen molar-refractivity contribution < 1.29 is 0 Å². The molecular formula is C12H21N3OS. The van der Waals surface area contributed by atoms with Crippen LogP contribution in [0.3, 0.4) is 0 Å². The molecule has 0 saturated carbocycles. The summed E-state index contributed by atoms with van der Waals surface area (Å²) in [5.41, 5.74) is 0.782. The van der Waals surface area contributed by atoms with Crippen molar-refractivity contribution in [2.24, 2.45) is 5.92 Å². The summed E-state index contributed by atoms with van der Waals surface area (Å²) >= 11 is 1.79. The molecule has 0 radical (unpaired) electrons. The average molecular weight is 255 g/mol. The van der Waals surface area contributed by atoms with Crippen LogP contribution < -0.4 is 10.9 Å². The van der Waals surface area contributed by atoms with Crippen LogP contribution in [0.1, 0.15) is 20.3 Å². The molecule has 1 heterocycles. The number of nitrogens with one attached hydrogen (secondary N) is 1. The highest BCUT2D eigenvalue weighted by Gasteiger charge is 2.00. The smallest absolute Gasteiger partial charge is 0.268 e. The van der Waals surface area contributed by atoms with Crippen LogP contribution in [0.4, 0.5) is 5.69 Å². The molecule has 0 amide bonds. The molecule has 0 aromatic carbocycles. The SMILES string of the molecule is CSCCCn1ncc(NCC(C)C)cc1=O. The Labute approximate surface area is 107 Å². The highest BCUT2D eigenvalue weighted by atomic mass is 32.2. The third-order valence-electron chi connectivity index (χ3n) is 2.30. The van der Waals surface area contributed by atoms with E-state index in [1.54, 1.807) is 24.0 Å². The zero-order valence-corrected chi connectivity index (χ0v) is 11.6. The third kappa shape index (κ3) is 5.26. The molecule has 0 bridgehead atoms. The van der Waals surface area contributed by atoms with E-state index in [9.17, 15) is 4.79 Å². The molecule has 1 aromatic heterocycles. The van der Waals surface area contributed by atoms with Gasteiger partial charge in [-0.25, -0.2) is 4.68 Å². The summed E-state index contributed by atoms with van der Waals surface area (Å²) in [6, 6.07) is 1.62. The fraction of sp³-hybridized carbons (Fsp3) is 0.667. The molecule has 0 aliphatic rings. The molecule has 96 valence electrons. The van der Waals surface area contributed by atoms with Crippen LogP contribution in [0.25, 0.3) is 0 Å². The number of aryl methyl sites for hydroxylation is 1. The molecule has 0 aliphatic carbocycles. The Morgan fingerprint density at radius 2 is 2.29 bits per heavy atom. The summed E-state index contributed by atoms with van der Waals surface area (Å²) < 4.78 is 1.52. The molecule has 1 N–H and O–H groups in total. The maximum atomic E-state index is 11.7. The topological polar surface area (TPSA) is 46.9 Å². The lowest BCUT2D eigenvalue weighted by Gasteiger charge is -2.09. The van der Waals surface area contributed by atoms with Gasteiger partial charge in [-0.2, -0.15) is 16.9 Å². The fourth-order valence-electron chi connectivity index (χ4n) is 1.38. The van der Waals surface area contributed by atoms with Crippen molar-refractivity contribution in [2.75, 3.05) is 23.9 Å². The van der Waals surface area contributed by atoms with Gasteiger partial charge in [0.2, 0.25) is 0 Å². The highest BCUT2D eigenvalue weighted by Crippen LogP contribution is 2.02. The first-order chi connectivity index (χ1) is 8.13. The van der Waals surface area contributed by atoms with Gasteiger partial charge in [0, 0.05) is 19.2 Å². The van der Waals surface area contributed by atoms with Gasteiger partial charge in [0.25, 0.3) is 5.56 Å². The number of rotatable bonds is 7. The van der Waals surface area contributed by atoms with Crippen molar-refractivity contribution >= 4 is 17.4 Å². The van der Waals surface area contributed by atoms with E-state index in [1.165, 1.54) is 4.68 Å². The predicted molar refractivity (Wildman–Crippen MR) is 74.8 cm³/mol. The third-order valence-corrected chi connectivity index (χ3v) is 3.00. The monoisotopic (exact) mass is 255 g/mol. The summed E-state index contributed by atoms with van der Waals surface area (Å²) in [6.07, 6.45) is 4.77. The maximum absolute atomic E-state index is 11.7. The first-order valence-corrected chi connectivity index (χ1v) is 7.33. The van der Waals surface area contributed by atoms with E-state index in [2.05, 4.69) is 30.5 Å². The van der Waals surface area contributed by atoms with Crippen molar-refractivity contribution in [1.82, 2.24) is 9.78 Å². The first kappa shape index (κ1) is 14.1. The zero-order chi connectivity index (χ0) is 12.7. The lowest BCUT2D eigenvalue weighted by Crippen LogP contribution is -2.23. The van der Waals surface area contributed by atoms with Crippen LogP contribution in [0.2, 0.25) is 0 Å². The second-order valence-electron chi connectivity index (χ2n) is 4.43. The van der Waals surface area contributed by atoms with E-state index in [-0.39, 0.29) is 5.56 Å². The molecule has 1 aromatic rings. The number of aromatic nitrogens is 2. The van der Waals surface area contributed by atoms with Crippen LogP contribution in [0.5, 0.6) is 0 Å². The van der Waals surface area contributed by atoms with E-state index >= 15 is 0 Å². The number of hydrogen-bond donors (Lipinski definition) is 1. The highest BCUT2D eigenvalue weighted by molar-refractivity contribution is 7.98. The minimum atomic E-state index is -0.0279. The molecule has 17 heavy (non-hydrogen) atoms. The Morgan fingerprint density at radius 3 is 2.88 bits per heavy atom. The minimum absolute atomic E-state index is 0.0279. The normalized spacial score (nSPS) is 10.8. The Morgan fingerprint density at radius 1 is 1.53 bits per heavy atom. The molecule has 0 spiro atoms. The number of hydrogen-bond acceptors (Lipinski definition) is 4. The van der Waals surface area contributed by atoms with Gasteiger partial charge in [0.15, 0.2) is 0 Å². The van der Waals surface area contributed by atoms with E-state index in [1.807, 2.05) is 0 Å². The summed E-state index contributed by atoms with van der Waals surface area (Å²) in [4.78, 5) is 11.7. The Kier molecular flexibility index (Phi) is 6.11. The lowest BCUT2D eigenvalue weighted by atomic mass is 10.2. The summed E-state index contributed by atoms with van der Waals surface area (Å²) in [5, 5.41) is 7.36. The van der Waals surface area contributed by atoms with Crippen LogP contribution in [-0.2, 0) is 6.54 Å². The van der Waals surface area contributed by atoms with Gasteiger partial charge in [0.1, 0.15) is 0 Å². The predicted octanol–water partition coefficient (Wildman–Crippen LogP) is 2.06. The van der Waals surface area contributed by atoms with E-state index in [4.69, 9.17) is 0 Å². The molecule has 1 rings (SSSR count). The molecule has 5 heteroatoms. The van der Waals surface area contributed by atoms with E-state index in [0.717, 1.165) is 24.4 Å². The van der Waals surface area contributed by atoms with Crippen LogP contribution in [0, 0.1) is 5.92 Å². The van der Waals surface area contributed by atoms with Crippen molar-refractivity contribution in [3.63, 3.8) is 0 Å². The summed E-state index contributed by atoms with van der Waals surface area (Å²) in [5.74, 6) is 1.61. The molecule has 0 saturated heterocycles. The molecular weight excluding hydrogens is 234 g/mol.